The van der Waals surface area contributed by atoms with E-state index in [0.29, 0.717) is 6.42 Å². The zero-order valence-electron chi connectivity index (χ0n) is 13.6. The lowest BCUT2D eigenvalue weighted by atomic mass is 9.74. The van der Waals surface area contributed by atoms with Crippen molar-refractivity contribution in [3.63, 3.8) is 0 Å². The van der Waals surface area contributed by atoms with E-state index < -0.39 is 4.92 Å². The monoisotopic (exact) mass is 319 g/mol. The van der Waals surface area contributed by atoms with Gasteiger partial charge >= 0.3 is 0 Å². The van der Waals surface area contributed by atoms with Crippen LogP contribution in [0.4, 0.5) is 5.69 Å². The highest BCUT2D eigenvalue weighted by atomic mass is 16.6. The van der Waals surface area contributed by atoms with Crippen molar-refractivity contribution in [2.45, 2.75) is 26.7 Å². The second-order valence-corrected chi connectivity index (χ2v) is 6.55. The molecule has 1 aliphatic rings. The van der Waals surface area contributed by atoms with Gasteiger partial charge in [0.15, 0.2) is 0 Å². The molecule has 0 heterocycles. The van der Waals surface area contributed by atoms with Crippen molar-refractivity contribution in [2.24, 2.45) is 5.41 Å². The van der Waals surface area contributed by atoms with Gasteiger partial charge < -0.3 is 0 Å². The minimum absolute atomic E-state index is 0.0481. The Balaban J connectivity index is 2.36. The Morgan fingerprint density at radius 2 is 1.96 bits per heavy atom. The molecule has 120 valence electrons. The van der Waals surface area contributed by atoms with E-state index in [-0.39, 0.29) is 16.7 Å². The lowest BCUT2D eigenvalue weighted by Gasteiger charge is -2.30. The van der Waals surface area contributed by atoms with Crippen LogP contribution < -0.4 is 0 Å². The summed E-state index contributed by atoms with van der Waals surface area (Å²) < 4.78 is 0. The number of hydrogen-bond donors (Lipinski definition) is 0. The van der Waals surface area contributed by atoms with Crippen molar-refractivity contribution >= 4 is 11.8 Å². The highest BCUT2D eigenvalue weighted by molar-refractivity contribution is 5.58. The number of non-ortho nitro benzene ring substituents is 1. The molecule has 0 saturated heterocycles. The third-order valence-electron chi connectivity index (χ3n) is 3.83. The maximum Gasteiger partial charge on any atom is 0.270 e. The summed E-state index contributed by atoms with van der Waals surface area (Å²) in [4.78, 5) is 10.4. The molecule has 1 aromatic rings. The number of nitro benzene ring substituents is 1. The van der Waals surface area contributed by atoms with Crippen molar-refractivity contribution in [1.82, 2.24) is 0 Å². The molecule has 5 nitrogen and oxygen atoms in total. The predicted molar refractivity (Wildman–Crippen MR) is 91.5 cm³/mol. The van der Waals surface area contributed by atoms with E-state index in [4.69, 9.17) is 10.5 Å². The Morgan fingerprint density at radius 3 is 2.58 bits per heavy atom. The summed E-state index contributed by atoms with van der Waals surface area (Å²) in [6.45, 7) is 4.18. The highest BCUT2D eigenvalue weighted by Gasteiger charge is 2.26. The Labute approximate surface area is 141 Å². The van der Waals surface area contributed by atoms with Crippen LogP contribution in [0.1, 0.15) is 32.3 Å². The van der Waals surface area contributed by atoms with Crippen LogP contribution in [0.3, 0.4) is 0 Å². The minimum Gasteiger partial charge on any atom is -0.258 e. The standard InChI is InChI=1S/C19H17N3O2/c1-19(2)10-15(8-16(11-19)17(12-20)13-21)7-6-14-4-3-5-18(9-14)22(23)24/h3-9H,10-11H2,1-2H3/b7-6+. The minimum atomic E-state index is -0.423. The maximum atomic E-state index is 10.8. The third kappa shape index (κ3) is 4.18. The number of benzene rings is 1. The average molecular weight is 319 g/mol. The van der Waals surface area contributed by atoms with Crippen LogP contribution in [0.5, 0.6) is 0 Å². The lowest BCUT2D eigenvalue weighted by Crippen LogP contribution is -2.17. The topological polar surface area (TPSA) is 90.7 Å². The van der Waals surface area contributed by atoms with Crippen LogP contribution in [0.15, 0.2) is 53.1 Å². The van der Waals surface area contributed by atoms with Crippen molar-refractivity contribution in [3.05, 3.63) is 68.8 Å². The molecule has 0 fully saturated rings. The molecular formula is C19H17N3O2. The van der Waals surface area contributed by atoms with E-state index in [1.165, 1.54) is 12.1 Å². The van der Waals surface area contributed by atoms with Crippen molar-refractivity contribution in [1.29, 1.82) is 10.5 Å². The number of nitriles is 2. The third-order valence-corrected chi connectivity index (χ3v) is 3.83. The number of hydrogen-bond acceptors (Lipinski definition) is 4. The van der Waals surface area contributed by atoms with Crippen molar-refractivity contribution in [2.75, 3.05) is 0 Å². The second-order valence-electron chi connectivity index (χ2n) is 6.55. The van der Waals surface area contributed by atoms with Gasteiger partial charge in [0, 0.05) is 12.1 Å². The fourth-order valence-corrected chi connectivity index (χ4v) is 2.84. The molecule has 0 saturated carbocycles. The fraction of sp³-hybridized carbons (Fsp3) is 0.263. The molecule has 0 amide bonds. The first-order chi connectivity index (χ1) is 11.3. The predicted octanol–water partition coefficient (Wildman–Crippen LogP) is 4.70. The smallest absolute Gasteiger partial charge is 0.258 e. The fourth-order valence-electron chi connectivity index (χ4n) is 2.84. The van der Waals surface area contributed by atoms with Gasteiger partial charge in [0.25, 0.3) is 5.69 Å². The van der Waals surface area contributed by atoms with E-state index in [1.54, 1.807) is 12.1 Å². The summed E-state index contributed by atoms with van der Waals surface area (Å²) in [7, 11) is 0. The van der Waals surface area contributed by atoms with Gasteiger partial charge in [-0.2, -0.15) is 10.5 Å². The van der Waals surface area contributed by atoms with Crippen LogP contribution in [0.2, 0.25) is 0 Å². The summed E-state index contributed by atoms with van der Waals surface area (Å²) in [6.07, 6.45) is 7.08. The van der Waals surface area contributed by atoms with Crippen LogP contribution in [-0.4, -0.2) is 4.92 Å². The van der Waals surface area contributed by atoms with E-state index in [2.05, 4.69) is 13.8 Å². The second kappa shape index (κ2) is 6.93. The van der Waals surface area contributed by atoms with Gasteiger partial charge in [-0.1, -0.05) is 44.2 Å². The molecule has 0 radical (unpaired) electrons. The summed E-state index contributed by atoms with van der Waals surface area (Å²) in [6, 6.07) is 10.3. The average Bonchev–Trinajstić information content (AvgIpc) is 2.53. The molecule has 0 unspecified atom stereocenters. The molecule has 0 aromatic heterocycles. The first-order valence-corrected chi connectivity index (χ1v) is 7.51. The van der Waals surface area contributed by atoms with Gasteiger partial charge in [0.1, 0.15) is 17.7 Å². The Bertz CT molecular complexity index is 830. The number of allylic oxidation sites excluding steroid dienone is 5. The van der Waals surface area contributed by atoms with Gasteiger partial charge in [-0.3, -0.25) is 10.1 Å². The Hall–Kier alpha value is -3.18. The molecular weight excluding hydrogens is 302 g/mol. The highest BCUT2D eigenvalue weighted by Crippen LogP contribution is 2.39. The summed E-state index contributed by atoms with van der Waals surface area (Å²) >= 11 is 0. The maximum absolute atomic E-state index is 10.8. The van der Waals surface area contributed by atoms with Crippen LogP contribution in [0.25, 0.3) is 6.08 Å². The van der Waals surface area contributed by atoms with Crippen molar-refractivity contribution < 1.29 is 4.92 Å². The van der Waals surface area contributed by atoms with Crippen molar-refractivity contribution in [3.8, 4) is 12.1 Å². The molecule has 0 atom stereocenters. The molecule has 0 spiro atoms. The SMILES string of the molecule is CC1(C)CC(/C=C/c2cccc([N+](=O)[O-])c2)=CC(=C(C#N)C#N)C1. The summed E-state index contributed by atoms with van der Waals surface area (Å²) in [5.41, 5.74) is 2.62. The Morgan fingerprint density at radius 1 is 1.25 bits per heavy atom. The molecule has 1 aromatic carbocycles. The van der Waals surface area contributed by atoms with Crippen LogP contribution >= 0.6 is 0 Å². The zero-order chi connectivity index (χ0) is 17.7. The normalized spacial score (nSPS) is 16.2. The summed E-state index contributed by atoms with van der Waals surface area (Å²) in [5.74, 6) is 0. The Kier molecular flexibility index (Phi) is 4.96. The van der Waals surface area contributed by atoms with Gasteiger partial charge in [-0.25, -0.2) is 0 Å². The molecule has 24 heavy (non-hydrogen) atoms. The van der Waals surface area contributed by atoms with Gasteiger partial charge in [-0.05, 0) is 35.0 Å². The largest absolute Gasteiger partial charge is 0.270 e. The summed E-state index contributed by atoms with van der Waals surface area (Å²) in [5, 5.41) is 29.0. The number of nitro groups is 1. The van der Waals surface area contributed by atoms with E-state index in [1.807, 2.05) is 30.4 Å². The first kappa shape index (κ1) is 17.2. The lowest BCUT2D eigenvalue weighted by molar-refractivity contribution is -0.384. The first-order valence-electron chi connectivity index (χ1n) is 7.51. The number of rotatable bonds is 3. The van der Waals surface area contributed by atoms with E-state index in [0.717, 1.165) is 23.1 Å². The molecule has 2 rings (SSSR count). The zero-order valence-corrected chi connectivity index (χ0v) is 13.6. The van der Waals surface area contributed by atoms with Gasteiger partial charge in [-0.15, -0.1) is 0 Å². The molecule has 0 bridgehead atoms. The molecule has 5 heteroatoms. The van der Waals surface area contributed by atoms with Gasteiger partial charge in [0.05, 0.1) is 4.92 Å². The quantitative estimate of drug-likeness (QED) is 0.459. The number of nitrogens with zero attached hydrogens (tertiary/aromatic N) is 3. The van der Waals surface area contributed by atoms with Crippen LogP contribution in [-0.2, 0) is 0 Å². The van der Waals surface area contributed by atoms with E-state index in [9.17, 15) is 10.1 Å². The van der Waals surface area contributed by atoms with E-state index >= 15 is 0 Å². The van der Waals surface area contributed by atoms with Gasteiger partial charge in [0.2, 0.25) is 0 Å². The van der Waals surface area contributed by atoms with Crippen LogP contribution in [0, 0.1) is 38.2 Å². The molecule has 1 aliphatic carbocycles. The molecule has 0 aliphatic heterocycles. The molecule has 0 N–H and O–H groups in total.